The van der Waals surface area contributed by atoms with Gasteiger partial charge in [-0.3, -0.25) is 9.78 Å². The van der Waals surface area contributed by atoms with Crippen LogP contribution in [-0.4, -0.2) is 28.1 Å². The Labute approximate surface area is 211 Å². The Balaban J connectivity index is 1.72. The van der Waals surface area contributed by atoms with E-state index in [2.05, 4.69) is 39.8 Å². The van der Waals surface area contributed by atoms with Crippen LogP contribution >= 0.6 is 34.4 Å². The van der Waals surface area contributed by atoms with Crippen LogP contribution in [-0.2, 0) is 0 Å². The van der Waals surface area contributed by atoms with E-state index in [4.69, 9.17) is 9.84 Å². The molecule has 2 aromatic carbocycles. The standard InChI is InChI=1S/C24H27IN4O3S/c1-3-4-5-6-9-12-33-24-27-23(31)20-16-10-7-8-11-18(16)26-22(29(20)28-24)15-13-17(25)21(30)19(14-15)32-2/h7-8,10-11,13-14,22H,3-6,9,12H2,1-2H3,(H2,27,28,30,31)/p+1/t22-/m0/s1. The smallest absolute Gasteiger partial charge is 0.325 e. The van der Waals surface area contributed by atoms with Crippen molar-refractivity contribution in [2.24, 2.45) is 0 Å². The zero-order valence-electron chi connectivity index (χ0n) is 18.7. The quantitative estimate of drug-likeness (QED) is 0.142. The van der Waals surface area contributed by atoms with Gasteiger partial charge >= 0.3 is 11.3 Å². The minimum absolute atomic E-state index is 0.0986. The van der Waals surface area contributed by atoms with Crippen molar-refractivity contribution in [3.05, 3.63) is 55.9 Å². The number of nitrogens with one attached hydrogen (secondary N) is 2. The predicted octanol–water partition coefficient (Wildman–Crippen LogP) is 5.08. The molecule has 9 heteroatoms. The Kier molecular flexibility index (Phi) is 7.79. The van der Waals surface area contributed by atoms with Crippen LogP contribution in [0, 0.1) is 3.57 Å². The number of halogens is 1. The Morgan fingerprint density at radius 3 is 2.79 bits per heavy atom. The number of ether oxygens (including phenoxy) is 1. The molecule has 33 heavy (non-hydrogen) atoms. The summed E-state index contributed by atoms with van der Waals surface area (Å²) in [6, 6.07) is 11.4. The van der Waals surface area contributed by atoms with E-state index in [0.717, 1.165) is 29.0 Å². The number of phenolic OH excluding ortho intramolecular Hbond substituents is 1. The number of phenols is 1. The average molecular weight is 579 g/mol. The maximum absolute atomic E-state index is 13.2. The summed E-state index contributed by atoms with van der Waals surface area (Å²) >= 11 is 3.66. The van der Waals surface area contributed by atoms with Gasteiger partial charge < -0.3 is 15.2 Å². The Morgan fingerprint density at radius 2 is 2.00 bits per heavy atom. The monoisotopic (exact) mass is 579 g/mol. The summed E-state index contributed by atoms with van der Waals surface area (Å²) in [5.41, 5.74) is 2.83. The number of aromatic hydroxyl groups is 1. The third-order valence-electron chi connectivity index (χ3n) is 5.66. The second-order valence-electron chi connectivity index (χ2n) is 7.96. The van der Waals surface area contributed by atoms with Gasteiger partial charge in [0.15, 0.2) is 11.5 Å². The van der Waals surface area contributed by atoms with Gasteiger partial charge in [-0.1, -0.05) is 56.5 Å². The summed E-state index contributed by atoms with van der Waals surface area (Å²) in [5.74, 6) is 1.39. The van der Waals surface area contributed by atoms with E-state index in [9.17, 15) is 9.90 Å². The van der Waals surface area contributed by atoms with E-state index >= 15 is 0 Å². The van der Waals surface area contributed by atoms with Crippen molar-refractivity contribution in [2.45, 2.75) is 50.4 Å². The first kappa shape index (κ1) is 23.9. The van der Waals surface area contributed by atoms with Gasteiger partial charge in [0.1, 0.15) is 0 Å². The number of aromatic nitrogens is 3. The molecule has 0 saturated heterocycles. The number of hydrogen-bond acceptors (Lipinski definition) is 6. The van der Waals surface area contributed by atoms with E-state index in [1.54, 1.807) is 22.5 Å². The maximum Gasteiger partial charge on any atom is 0.325 e. The molecule has 0 amide bonds. The first-order chi connectivity index (χ1) is 16.0. The fourth-order valence-electron chi connectivity index (χ4n) is 3.96. The fraction of sp³-hybridized carbons (Fsp3) is 0.375. The molecule has 4 rings (SSSR count). The van der Waals surface area contributed by atoms with Crippen LogP contribution in [0.5, 0.6) is 11.5 Å². The normalized spacial score (nSPS) is 14.3. The van der Waals surface area contributed by atoms with Crippen LogP contribution in [0.15, 0.2) is 46.3 Å². The zero-order valence-corrected chi connectivity index (χ0v) is 21.7. The number of benzene rings is 2. The highest BCUT2D eigenvalue weighted by atomic mass is 127. The lowest BCUT2D eigenvalue weighted by Crippen LogP contribution is -2.55. The highest BCUT2D eigenvalue weighted by Gasteiger charge is 2.38. The lowest BCUT2D eigenvalue weighted by Gasteiger charge is -2.23. The molecule has 1 aliphatic heterocycles. The van der Waals surface area contributed by atoms with Gasteiger partial charge in [-0.05, 0) is 58.0 Å². The van der Waals surface area contributed by atoms with E-state index in [1.807, 2.05) is 30.3 Å². The third kappa shape index (κ3) is 5.13. The van der Waals surface area contributed by atoms with Gasteiger partial charge in [0.25, 0.3) is 6.17 Å². The minimum atomic E-state index is -0.427. The number of para-hydroxylation sites is 1. The maximum atomic E-state index is 13.2. The molecular weight excluding hydrogens is 551 g/mol. The molecule has 0 saturated carbocycles. The highest BCUT2D eigenvalue weighted by molar-refractivity contribution is 14.1. The highest BCUT2D eigenvalue weighted by Crippen LogP contribution is 2.37. The Bertz CT molecular complexity index is 1200. The van der Waals surface area contributed by atoms with Gasteiger partial charge in [0.2, 0.25) is 5.16 Å². The number of aromatic amines is 1. The number of methoxy groups -OCH3 is 1. The molecule has 0 unspecified atom stereocenters. The number of H-pyrrole nitrogens is 1. The SMILES string of the molecule is CCCCCCCSc1n[n+]2c(c(=O)[nH]1)-c1ccccc1N[C@@H]2c1cc(I)c(O)c(OC)c1. The van der Waals surface area contributed by atoms with Crippen molar-refractivity contribution in [1.82, 2.24) is 10.1 Å². The van der Waals surface area contributed by atoms with Gasteiger partial charge in [0, 0.05) is 16.4 Å². The number of rotatable bonds is 9. The number of anilines is 1. The minimum Gasteiger partial charge on any atom is -0.504 e. The molecule has 1 aliphatic rings. The van der Waals surface area contributed by atoms with Crippen molar-refractivity contribution < 1.29 is 14.5 Å². The number of fused-ring (bicyclic) bond motifs is 3. The second kappa shape index (κ2) is 10.8. The van der Waals surface area contributed by atoms with Crippen LogP contribution in [0.3, 0.4) is 0 Å². The number of nitrogens with zero attached hydrogens (tertiary/aromatic N) is 2. The molecule has 0 aliphatic carbocycles. The van der Waals surface area contributed by atoms with E-state index in [-0.39, 0.29) is 11.3 Å². The lowest BCUT2D eigenvalue weighted by molar-refractivity contribution is -0.759. The summed E-state index contributed by atoms with van der Waals surface area (Å²) in [6.07, 6.45) is 5.57. The van der Waals surface area contributed by atoms with Crippen molar-refractivity contribution in [3.63, 3.8) is 0 Å². The summed E-state index contributed by atoms with van der Waals surface area (Å²) in [5, 5.41) is 19.2. The Morgan fingerprint density at radius 1 is 1.21 bits per heavy atom. The lowest BCUT2D eigenvalue weighted by atomic mass is 10.0. The van der Waals surface area contributed by atoms with Crippen LogP contribution in [0.4, 0.5) is 5.69 Å². The molecule has 7 nitrogen and oxygen atoms in total. The number of unbranched alkanes of at least 4 members (excludes halogenated alkanes) is 4. The second-order valence-corrected chi connectivity index (χ2v) is 10.2. The molecule has 2 heterocycles. The largest absolute Gasteiger partial charge is 0.504 e. The molecule has 3 aromatic rings. The number of hydrogen-bond donors (Lipinski definition) is 3. The Hall–Kier alpha value is -2.27. The first-order valence-corrected chi connectivity index (χ1v) is 13.2. The van der Waals surface area contributed by atoms with Crippen LogP contribution in [0.2, 0.25) is 0 Å². The molecule has 0 radical (unpaired) electrons. The van der Waals surface area contributed by atoms with Crippen molar-refractivity contribution in [1.29, 1.82) is 0 Å². The fourth-order valence-corrected chi connectivity index (χ4v) is 5.44. The summed E-state index contributed by atoms with van der Waals surface area (Å²) in [6.45, 7) is 2.21. The number of thioether (sulfide) groups is 1. The molecule has 174 valence electrons. The van der Waals surface area contributed by atoms with Crippen LogP contribution in [0.25, 0.3) is 11.3 Å². The molecule has 1 atom stereocenters. The van der Waals surface area contributed by atoms with Gasteiger partial charge in [-0.15, -0.1) is 0 Å². The first-order valence-electron chi connectivity index (χ1n) is 11.1. The van der Waals surface area contributed by atoms with Crippen LogP contribution in [0.1, 0.15) is 50.8 Å². The predicted molar refractivity (Wildman–Crippen MR) is 139 cm³/mol. The zero-order chi connectivity index (χ0) is 23.4. The topological polar surface area (TPSA) is 91.1 Å². The van der Waals surface area contributed by atoms with Gasteiger partial charge in [-0.25, -0.2) is 0 Å². The van der Waals surface area contributed by atoms with E-state index in [0.29, 0.717) is 20.2 Å². The van der Waals surface area contributed by atoms with Gasteiger partial charge in [-0.2, -0.15) is 0 Å². The van der Waals surface area contributed by atoms with E-state index in [1.165, 1.54) is 32.8 Å². The molecule has 3 N–H and O–H groups in total. The summed E-state index contributed by atoms with van der Waals surface area (Å²) in [7, 11) is 1.53. The van der Waals surface area contributed by atoms with Gasteiger partial charge in [0.05, 0.1) is 21.9 Å². The van der Waals surface area contributed by atoms with Crippen molar-refractivity contribution in [2.75, 3.05) is 18.2 Å². The summed E-state index contributed by atoms with van der Waals surface area (Å²) in [4.78, 5) is 16.2. The summed E-state index contributed by atoms with van der Waals surface area (Å²) < 4.78 is 7.79. The molecule has 0 bridgehead atoms. The molecule has 1 aromatic heterocycles. The molecule has 0 spiro atoms. The van der Waals surface area contributed by atoms with Crippen molar-refractivity contribution in [3.8, 4) is 22.8 Å². The molecule has 0 fully saturated rings. The van der Waals surface area contributed by atoms with Crippen LogP contribution < -0.4 is 20.3 Å². The third-order valence-corrected chi connectivity index (χ3v) is 7.43. The molecular formula is C24H28IN4O3S+. The van der Waals surface area contributed by atoms with Crippen molar-refractivity contribution >= 4 is 40.0 Å². The average Bonchev–Trinajstić information content (AvgIpc) is 2.82. The van der Waals surface area contributed by atoms with E-state index < -0.39 is 6.17 Å².